The maximum Gasteiger partial charge on any atom is 0.0741 e. The quantitative estimate of drug-likeness (QED) is 0.728. The third kappa shape index (κ3) is 3.25. The maximum absolute atomic E-state index is 9.82. The van der Waals surface area contributed by atoms with Gasteiger partial charge in [-0.05, 0) is 46.5 Å². The number of aliphatic hydroxyl groups is 1. The molecular formula is C12H25NO. The van der Waals surface area contributed by atoms with Gasteiger partial charge in [0.2, 0.25) is 0 Å². The largest absolute Gasteiger partial charge is 0.389 e. The van der Waals surface area contributed by atoms with Crippen LogP contribution in [-0.2, 0) is 0 Å². The Labute approximate surface area is 88.1 Å². The highest BCUT2D eigenvalue weighted by Crippen LogP contribution is 2.28. The summed E-state index contributed by atoms with van der Waals surface area (Å²) in [6.45, 7) is 8.04. The van der Waals surface area contributed by atoms with Crippen molar-refractivity contribution < 1.29 is 5.11 Å². The van der Waals surface area contributed by atoms with Gasteiger partial charge in [0.05, 0.1) is 5.60 Å². The lowest BCUT2D eigenvalue weighted by Crippen LogP contribution is -2.49. The predicted octanol–water partition coefficient (Wildman–Crippen LogP) is 2.31. The molecule has 14 heavy (non-hydrogen) atoms. The molecular weight excluding hydrogens is 174 g/mol. The second kappa shape index (κ2) is 4.63. The molecule has 0 saturated heterocycles. The molecule has 1 unspecified atom stereocenters. The Balaban J connectivity index is 2.35. The van der Waals surface area contributed by atoms with Crippen molar-refractivity contribution in [2.75, 3.05) is 0 Å². The number of nitrogens with one attached hydrogen (secondary N) is 1. The molecule has 0 aliphatic heterocycles. The van der Waals surface area contributed by atoms with Gasteiger partial charge in [-0.1, -0.05) is 12.8 Å². The molecule has 2 atom stereocenters. The molecule has 1 rings (SSSR count). The number of rotatable bonds is 4. The van der Waals surface area contributed by atoms with Gasteiger partial charge in [0, 0.05) is 12.1 Å². The van der Waals surface area contributed by atoms with E-state index in [2.05, 4.69) is 19.2 Å². The first-order valence-electron chi connectivity index (χ1n) is 5.89. The van der Waals surface area contributed by atoms with Crippen LogP contribution >= 0.6 is 0 Å². The van der Waals surface area contributed by atoms with Crippen LogP contribution in [0.4, 0.5) is 0 Å². The summed E-state index contributed by atoms with van der Waals surface area (Å²) in [5, 5.41) is 13.3. The van der Waals surface area contributed by atoms with Gasteiger partial charge in [0.1, 0.15) is 0 Å². The number of hydrogen-bond donors (Lipinski definition) is 2. The summed E-state index contributed by atoms with van der Waals surface area (Å²) >= 11 is 0. The van der Waals surface area contributed by atoms with Crippen molar-refractivity contribution in [3.05, 3.63) is 0 Å². The van der Waals surface area contributed by atoms with E-state index in [1.54, 1.807) is 0 Å². The van der Waals surface area contributed by atoms with Crippen LogP contribution in [0.15, 0.2) is 0 Å². The summed E-state index contributed by atoms with van der Waals surface area (Å²) in [6.07, 6.45) is 5.47. The normalized spacial score (nSPS) is 23.8. The second-order valence-electron chi connectivity index (χ2n) is 5.38. The smallest absolute Gasteiger partial charge is 0.0741 e. The van der Waals surface area contributed by atoms with Gasteiger partial charge in [0.25, 0.3) is 0 Å². The minimum absolute atomic E-state index is 0.165. The Bertz CT molecular complexity index is 168. The summed E-state index contributed by atoms with van der Waals surface area (Å²) in [5.74, 6) is 0.819. The van der Waals surface area contributed by atoms with E-state index in [1.807, 2.05) is 13.8 Å². The standard InChI is InChI=1S/C12H25NO/c1-9(11-7-5-6-8-11)13-10(2)12(3,4)14/h9-11,13-14H,5-8H2,1-4H3/t9-,10?/m1/s1. The van der Waals surface area contributed by atoms with E-state index in [0.29, 0.717) is 6.04 Å². The number of hydrogen-bond acceptors (Lipinski definition) is 2. The zero-order valence-electron chi connectivity index (χ0n) is 10.0. The van der Waals surface area contributed by atoms with Crippen molar-refractivity contribution in [3.8, 4) is 0 Å². The van der Waals surface area contributed by atoms with E-state index in [9.17, 15) is 5.11 Å². The van der Waals surface area contributed by atoms with Gasteiger partial charge >= 0.3 is 0 Å². The Kier molecular flexibility index (Phi) is 3.96. The zero-order chi connectivity index (χ0) is 10.8. The predicted molar refractivity (Wildman–Crippen MR) is 60.3 cm³/mol. The molecule has 0 aromatic heterocycles. The Morgan fingerprint density at radius 1 is 1.21 bits per heavy atom. The van der Waals surface area contributed by atoms with Gasteiger partial charge in [-0.15, -0.1) is 0 Å². The molecule has 1 saturated carbocycles. The third-order valence-electron chi connectivity index (χ3n) is 3.68. The minimum Gasteiger partial charge on any atom is -0.389 e. The second-order valence-corrected chi connectivity index (χ2v) is 5.38. The highest BCUT2D eigenvalue weighted by molar-refractivity contribution is 4.85. The molecule has 1 aliphatic carbocycles. The third-order valence-corrected chi connectivity index (χ3v) is 3.68. The molecule has 0 amide bonds. The lowest BCUT2D eigenvalue weighted by Gasteiger charge is -2.32. The summed E-state index contributed by atoms with van der Waals surface area (Å²) in [6, 6.07) is 0.706. The topological polar surface area (TPSA) is 32.3 Å². The van der Waals surface area contributed by atoms with Crippen molar-refractivity contribution in [1.29, 1.82) is 0 Å². The molecule has 2 nitrogen and oxygen atoms in total. The Morgan fingerprint density at radius 2 is 1.71 bits per heavy atom. The highest BCUT2D eigenvalue weighted by Gasteiger charge is 2.27. The lowest BCUT2D eigenvalue weighted by molar-refractivity contribution is 0.0376. The van der Waals surface area contributed by atoms with E-state index in [0.717, 1.165) is 5.92 Å². The first kappa shape index (κ1) is 12.0. The van der Waals surface area contributed by atoms with Crippen molar-refractivity contribution in [2.45, 2.75) is 71.1 Å². The SMILES string of the molecule is CC(N[C@H](C)C1CCCC1)C(C)(C)O. The van der Waals surface area contributed by atoms with E-state index in [-0.39, 0.29) is 6.04 Å². The maximum atomic E-state index is 9.82. The average Bonchev–Trinajstić information content (AvgIpc) is 2.53. The molecule has 0 bridgehead atoms. The van der Waals surface area contributed by atoms with Gasteiger partial charge in [-0.2, -0.15) is 0 Å². The Morgan fingerprint density at radius 3 is 2.14 bits per heavy atom. The van der Waals surface area contributed by atoms with Crippen LogP contribution in [0, 0.1) is 5.92 Å². The molecule has 2 heteroatoms. The fraction of sp³-hybridized carbons (Fsp3) is 1.00. The van der Waals surface area contributed by atoms with Crippen LogP contribution in [0.3, 0.4) is 0 Å². The van der Waals surface area contributed by atoms with Crippen molar-refractivity contribution in [1.82, 2.24) is 5.32 Å². The van der Waals surface area contributed by atoms with Crippen LogP contribution in [0.2, 0.25) is 0 Å². The average molecular weight is 199 g/mol. The zero-order valence-corrected chi connectivity index (χ0v) is 10.0. The molecule has 84 valence electrons. The van der Waals surface area contributed by atoms with Gasteiger partial charge < -0.3 is 10.4 Å². The first-order chi connectivity index (χ1) is 6.41. The first-order valence-corrected chi connectivity index (χ1v) is 5.89. The molecule has 0 aromatic rings. The molecule has 2 N–H and O–H groups in total. The van der Waals surface area contributed by atoms with Crippen LogP contribution in [0.1, 0.15) is 53.4 Å². The van der Waals surface area contributed by atoms with E-state index >= 15 is 0 Å². The van der Waals surface area contributed by atoms with Crippen molar-refractivity contribution >= 4 is 0 Å². The van der Waals surface area contributed by atoms with Gasteiger partial charge in [-0.3, -0.25) is 0 Å². The summed E-state index contributed by atoms with van der Waals surface area (Å²) in [4.78, 5) is 0. The van der Waals surface area contributed by atoms with Crippen LogP contribution in [0.5, 0.6) is 0 Å². The molecule has 1 aliphatic rings. The fourth-order valence-corrected chi connectivity index (χ4v) is 2.19. The summed E-state index contributed by atoms with van der Waals surface area (Å²) in [5.41, 5.74) is -0.618. The van der Waals surface area contributed by atoms with Gasteiger partial charge in [0.15, 0.2) is 0 Å². The molecule has 1 fully saturated rings. The molecule has 0 aromatic carbocycles. The van der Waals surface area contributed by atoms with Gasteiger partial charge in [-0.25, -0.2) is 0 Å². The van der Waals surface area contributed by atoms with Crippen LogP contribution < -0.4 is 5.32 Å². The molecule has 0 radical (unpaired) electrons. The summed E-state index contributed by atoms with van der Waals surface area (Å²) < 4.78 is 0. The molecule has 0 heterocycles. The fourth-order valence-electron chi connectivity index (χ4n) is 2.19. The lowest BCUT2D eigenvalue weighted by atomic mass is 9.95. The highest BCUT2D eigenvalue weighted by atomic mass is 16.3. The monoisotopic (exact) mass is 199 g/mol. The molecule has 0 spiro atoms. The van der Waals surface area contributed by atoms with Crippen LogP contribution in [0.25, 0.3) is 0 Å². The van der Waals surface area contributed by atoms with E-state index in [1.165, 1.54) is 25.7 Å². The van der Waals surface area contributed by atoms with E-state index in [4.69, 9.17) is 0 Å². The van der Waals surface area contributed by atoms with E-state index < -0.39 is 5.60 Å². The van der Waals surface area contributed by atoms with Crippen LogP contribution in [-0.4, -0.2) is 22.8 Å². The minimum atomic E-state index is -0.618. The van der Waals surface area contributed by atoms with Crippen molar-refractivity contribution in [2.24, 2.45) is 5.92 Å². The Hall–Kier alpha value is -0.0800. The van der Waals surface area contributed by atoms with Crippen molar-refractivity contribution in [3.63, 3.8) is 0 Å². The summed E-state index contributed by atoms with van der Waals surface area (Å²) in [7, 11) is 0.